The summed E-state index contributed by atoms with van der Waals surface area (Å²) >= 11 is 0. The second-order valence-electron chi connectivity index (χ2n) is 5.07. The van der Waals surface area contributed by atoms with Crippen molar-refractivity contribution >= 4 is 11.9 Å². The van der Waals surface area contributed by atoms with Crippen LogP contribution in [0.25, 0.3) is 0 Å². The molecule has 0 bridgehead atoms. The van der Waals surface area contributed by atoms with Crippen molar-refractivity contribution in [2.75, 3.05) is 20.6 Å². The third kappa shape index (κ3) is 5.01. The van der Waals surface area contributed by atoms with Gasteiger partial charge in [0.05, 0.1) is 0 Å². The molecule has 0 aliphatic rings. The lowest BCUT2D eigenvalue weighted by atomic mass is 10.0. The first-order chi connectivity index (χ1) is 9.41. The number of carboxylic acids is 1. The second kappa shape index (κ2) is 7.65. The summed E-state index contributed by atoms with van der Waals surface area (Å²) in [6, 6.07) is 7.47. The largest absolute Gasteiger partial charge is 0.481 e. The van der Waals surface area contributed by atoms with E-state index in [4.69, 9.17) is 5.11 Å². The molecule has 0 aliphatic heterocycles. The van der Waals surface area contributed by atoms with Gasteiger partial charge < -0.3 is 10.4 Å². The molecule has 0 spiro atoms. The number of aryl methyl sites for hydroxylation is 1. The van der Waals surface area contributed by atoms with Crippen molar-refractivity contribution in [1.82, 2.24) is 10.2 Å². The average Bonchev–Trinajstić information content (AvgIpc) is 2.34. The topological polar surface area (TPSA) is 69.6 Å². The van der Waals surface area contributed by atoms with E-state index < -0.39 is 5.97 Å². The molecule has 2 N–H and O–H groups in total. The number of aliphatic carboxylic acids is 1. The molecule has 0 unspecified atom stereocenters. The molecule has 0 aromatic heterocycles. The van der Waals surface area contributed by atoms with E-state index in [1.54, 1.807) is 0 Å². The van der Waals surface area contributed by atoms with Crippen LogP contribution in [0.3, 0.4) is 0 Å². The first kappa shape index (κ1) is 16.2. The van der Waals surface area contributed by atoms with Gasteiger partial charge in [0.25, 0.3) is 0 Å². The molecule has 1 amide bonds. The molecule has 0 heterocycles. The zero-order valence-electron chi connectivity index (χ0n) is 12.2. The Hall–Kier alpha value is -1.88. The van der Waals surface area contributed by atoms with E-state index in [2.05, 4.69) is 5.32 Å². The number of benzene rings is 1. The fraction of sp³-hybridized carbons (Fsp3) is 0.467. The van der Waals surface area contributed by atoms with E-state index in [9.17, 15) is 9.59 Å². The van der Waals surface area contributed by atoms with Crippen LogP contribution in [0.5, 0.6) is 0 Å². The van der Waals surface area contributed by atoms with E-state index in [-0.39, 0.29) is 18.4 Å². The minimum atomic E-state index is -0.845. The highest BCUT2D eigenvalue weighted by molar-refractivity contribution is 5.83. The highest BCUT2D eigenvalue weighted by Crippen LogP contribution is 2.19. The van der Waals surface area contributed by atoms with E-state index in [0.717, 1.165) is 11.1 Å². The summed E-state index contributed by atoms with van der Waals surface area (Å²) in [6.45, 7) is 2.36. The zero-order valence-corrected chi connectivity index (χ0v) is 12.2. The number of carbonyl (C=O) groups is 2. The molecular weight excluding hydrogens is 256 g/mol. The maximum absolute atomic E-state index is 12.2. The smallest absolute Gasteiger partial charge is 0.303 e. The van der Waals surface area contributed by atoms with Crippen LogP contribution in [-0.2, 0) is 9.59 Å². The number of likely N-dealkylation sites (N-methyl/N-ethyl adjacent to an activating group) is 1. The predicted octanol–water partition coefficient (Wildman–Crippen LogP) is 1.58. The zero-order chi connectivity index (χ0) is 15.1. The molecule has 0 saturated carbocycles. The maximum Gasteiger partial charge on any atom is 0.303 e. The van der Waals surface area contributed by atoms with Crippen molar-refractivity contribution in [3.05, 3.63) is 35.4 Å². The molecule has 1 atom stereocenters. The fourth-order valence-corrected chi connectivity index (χ4v) is 2.07. The van der Waals surface area contributed by atoms with Gasteiger partial charge in [0.1, 0.15) is 6.04 Å². The van der Waals surface area contributed by atoms with Crippen molar-refractivity contribution < 1.29 is 14.7 Å². The third-order valence-electron chi connectivity index (χ3n) is 2.99. The summed E-state index contributed by atoms with van der Waals surface area (Å²) in [4.78, 5) is 24.5. The molecule has 110 valence electrons. The number of carbonyl (C=O) groups excluding carboxylic acids is 1. The van der Waals surface area contributed by atoms with Gasteiger partial charge in [0.15, 0.2) is 0 Å². The number of rotatable bonds is 7. The monoisotopic (exact) mass is 278 g/mol. The standard InChI is InChI=1S/C15H22N2O3/c1-11-6-4-7-12(10-11)14(17(2)3)15(20)16-9-5-8-13(18)19/h4,6-7,10,14H,5,8-9H2,1-3H3,(H,16,20)(H,18,19)/t14-/m1/s1. The number of hydrogen-bond donors (Lipinski definition) is 2. The molecule has 0 aliphatic carbocycles. The molecular formula is C15H22N2O3. The number of hydrogen-bond acceptors (Lipinski definition) is 3. The summed E-state index contributed by atoms with van der Waals surface area (Å²) < 4.78 is 0. The lowest BCUT2D eigenvalue weighted by Crippen LogP contribution is -2.37. The fourth-order valence-electron chi connectivity index (χ4n) is 2.07. The normalized spacial score (nSPS) is 12.2. The third-order valence-corrected chi connectivity index (χ3v) is 2.99. The van der Waals surface area contributed by atoms with Gasteiger partial charge in [-0.1, -0.05) is 29.8 Å². The van der Waals surface area contributed by atoms with Crippen LogP contribution in [0.2, 0.25) is 0 Å². The van der Waals surface area contributed by atoms with Gasteiger partial charge in [-0.2, -0.15) is 0 Å². The van der Waals surface area contributed by atoms with Gasteiger partial charge in [-0.3, -0.25) is 14.5 Å². The number of carboxylic acid groups (broad SMARTS) is 1. The molecule has 0 radical (unpaired) electrons. The van der Waals surface area contributed by atoms with Gasteiger partial charge in [0, 0.05) is 13.0 Å². The lowest BCUT2D eigenvalue weighted by molar-refractivity contribution is -0.137. The summed E-state index contributed by atoms with van der Waals surface area (Å²) in [5, 5.41) is 11.4. The Morgan fingerprint density at radius 1 is 1.35 bits per heavy atom. The first-order valence-electron chi connectivity index (χ1n) is 6.64. The van der Waals surface area contributed by atoms with Gasteiger partial charge in [-0.25, -0.2) is 0 Å². The van der Waals surface area contributed by atoms with Crippen LogP contribution in [0.15, 0.2) is 24.3 Å². The average molecular weight is 278 g/mol. The molecule has 1 rings (SSSR count). The molecule has 20 heavy (non-hydrogen) atoms. The van der Waals surface area contributed by atoms with Crippen LogP contribution >= 0.6 is 0 Å². The number of nitrogens with zero attached hydrogens (tertiary/aromatic N) is 1. The van der Waals surface area contributed by atoms with E-state index in [1.165, 1.54) is 0 Å². The molecule has 1 aromatic rings. The Morgan fingerprint density at radius 3 is 2.60 bits per heavy atom. The minimum absolute atomic E-state index is 0.0668. The van der Waals surface area contributed by atoms with E-state index >= 15 is 0 Å². The van der Waals surface area contributed by atoms with Gasteiger partial charge in [0.2, 0.25) is 5.91 Å². The number of amides is 1. The van der Waals surface area contributed by atoms with Gasteiger partial charge >= 0.3 is 5.97 Å². The van der Waals surface area contributed by atoms with Crippen molar-refractivity contribution in [1.29, 1.82) is 0 Å². The lowest BCUT2D eigenvalue weighted by Gasteiger charge is -2.24. The Kier molecular flexibility index (Phi) is 6.18. The highest BCUT2D eigenvalue weighted by Gasteiger charge is 2.22. The van der Waals surface area contributed by atoms with Crippen molar-refractivity contribution in [3.8, 4) is 0 Å². The molecule has 5 nitrogen and oxygen atoms in total. The van der Waals surface area contributed by atoms with E-state index in [0.29, 0.717) is 13.0 Å². The Morgan fingerprint density at radius 2 is 2.05 bits per heavy atom. The molecule has 5 heteroatoms. The van der Waals surface area contributed by atoms with Gasteiger partial charge in [-0.15, -0.1) is 0 Å². The maximum atomic E-state index is 12.2. The van der Waals surface area contributed by atoms with Crippen LogP contribution in [0.1, 0.15) is 30.0 Å². The Labute approximate surface area is 119 Å². The minimum Gasteiger partial charge on any atom is -0.481 e. The molecule has 0 fully saturated rings. The molecule has 0 saturated heterocycles. The summed E-state index contributed by atoms with van der Waals surface area (Å²) in [5.74, 6) is -0.951. The highest BCUT2D eigenvalue weighted by atomic mass is 16.4. The quantitative estimate of drug-likeness (QED) is 0.743. The van der Waals surface area contributed by atoms with Crippen LogP contribution in [-0.4, -0.2) is 42.5 Å². The van der Waals surface area contributed by atoms with Crippen molar-refractivity contribution in [3.63, 3.8) is 0 Å². The summed E-state index contributed by atoms with van der Waals surface area (Å²) in [5.41, 5.74) is 2.04. The predicted molar refractivity (Wildman–Crippen MR) is 77.5 cm³/mol. The number of nitrogens with one attached hydrogen (secondary N) is 1. The SMILES string of the molecule is Cc1cccc([C@H](C(=O)NCCCC(=O)O)N(C)C)c1. The van der Waals surface area contributed by atoms with Gasteiger partial charge in [-0.05, 0) is 33.0 Å². The van der Waals surface area contributed by atoms with Crippen LogP contribution in [0, 0.1) is 6.92 Å². The summed E-state index contributed by atoms with van der Waals surface area (Å²) in [6.07, 6.45) is 0.506. The van der Waals surface area contributed by atoms with Crippen LogP contribution < -0.4 is 5.32 Å². The Bertz CT molecular complexity index is 472. The van der Waals surface area contributed by atoms with Crippen molar-refractivity contribution in [2.45, 2.75) is 25.8 Å². The van der Waals surface area contributed by atoms with E-state index in [1.807, 2.05) is 50.2 Å². The first-order valence-corrected chi connectivity index (χ1v) is 6.64. The Balaban J connectivity index is 2.66. The molecule has 1 aromatic carbocycles. The van der Waals surface area contributed by atoms with Crippen LogP contribution in [0.4, 0.5) is 0 Å². The van der Waals surface area contributed by atoms with Crippen molar-refractivity contribution in [2.24, 2.45) is 0 Å². The summed E-state index contributed by atoms with van der Waals surface area (Å²) in [7, 11) is 3.70. The second-order valence-corrected chi connectivity index (χ2v) is 5.07.